The minimum Gasteiger partial charge on any atom is -0.458 e. The molecule has 1 rings (SSSR count). The molecule has 33 heavy (non-hydrogen) atoms. The van der Waals surface area contributed by atoms with Crippen molar-refractivity contribution < 1.29 is 42.9 Å². The van der Waals surface area contributed by atoms with E-state index in [1.54, 1.807) is 33.8 Å². The van der Waals surface area contributed by atoms with Crippen molar-refractivity contribution in [1.82, 2.24) is 0 Å². The van der Waals surface area contributed by atoms with Crippen LogP contribution < -0.4 is 15.2 Å². The van der Waals surface area contributed by atoms with E-state index in [2.05, 4.69) is 0 Å². The van der Waals surface area contributed by atoms with Gasteiger partial charge in [0.05, 0.1) is 0 Å². The Balaban J connectivity index is 2.72. The molecule has 0 radical (unpaired) electrons. The first-order valence-corrected chi connectivity index (χ1v) is 10.9. The van der Waals surface area contributed by atoms with E-state index in [1.807, 2.05) is 6.92 Å². The lowest BCUT2D eigenvalue weighted by atomic mass is 10.1. The summed E-state index contributed by atoms with van der Waals surface area (Å²) in [6, 6.07) is 3.53. The maximum absolute atomic E-state index is 12.3. The molecular formula is C23H33NO9. The highest BCUT2D eigenvalue weighted by molar-refractivity contribution is 5.77. The lowest BCUT2D eigenvalue weighted by Gasteiger charge is -2.18. The van der Waals surface area contributed by atoms with Crippen LogP contribution >= 0.6 is 0 Å². The Bertz CT molecular complexity index is 824. The fraction of sp³-hybridized carbons (Fsp3) is 0.565. The van der Waals surface area contributed by atoms with Crippen LogP contribution in [0.2, 0.25) is 0 Å². The average molecular weight is 468 g/mol. The van der Waals surface area contributed by atoms with E-state index in [4.69, 9.17) is 29.4 Å². The van der Waals surface area contributed by atoms with Crippen molar-refractivity contribution in [3.05, 3.63) is 23.8 Å². The standard InChI is InChI=1S/C23H33NO9/c1-6-14(4)31-23(28)29-13-15(5)30-22(27)17(24)11-16-9-10-18(32-20(25)7-2)19(12-16)33-21(26)8-3/h9-10,12,14-15,17H,6-8,11,13,24H2,1-5H3/t14?,15-,17-/m0/s1. The molecule has 0 spiro atoms. The number of rotatable bonds is 12. The quantitative estimate of drug-likeness (QED) is 0.360. The molecule has 184 valence electrons. The van der Waals surface area contributed by atoms with Gasteiger partial charge in [-0.3, -0.25) is 14.4 Å². The molecule has 0 saturated heterocycles. The normalized spacial score (nSPS) is 13.3. The molecule has 2 N–H and O–H groups in total. The summed E-state index contributed by atoms with van der Waals surface area (Å²) in [6.07, 6.45) is -0.850. The average Bonchev–Trinajstić information content (AvgIpc) is 2.78. The SMILES string of the molecule is CCC(=O)Oc1ccc(C[C@H](N)C(=O)O[C@@H](C)COC(=O)OC(C)CC)cc1OC(=O)CC. The van der Waals surface area contributed by atoms with Crippen molar-refractivity contribution in [3.8, 4) is 11.5 Å². The van der Waals surface area contributed by atoms with Gasteiger partial charge in [0.2, 0.25) is 0 Å². The van der Waals surface area contributed by atoms with Crippen LogP contribution in [0.25, 0.3) is 0 Å². The molecule has 0 aliphatic rings. The summed E-state index contributed by atoms with van der Waals surface area (Å²) in [5.74, 6) is -1.54. The number of ether oxygens (including phenoxy) is 5. The number of hydrogen-bond acceptors (Lipinski definition) is 10. The van der Waals surface area contributed by atoms with Crippen LogP contribution in [0.3, 0.4) is 0 Å². The third-order valence-corrected chi connectivity index (χ3v) is 4.42. The number of carbonyl (C=O) groups is 4. The number of hydrogen-bond donors (Lipinski definition) is 1. The highest BCUT2D eigenvalue weighted by Gasteiger charge is 2.21. The van der Waals surface area contributed by atoms with Crippen LogP contribution in [0.15, 0.2) is 18.2 Å². The number of esters is 3. The summed E-state index contributed by atoms with van der Waals surface area (Å²) in [5, 5.41) is 0. The van der Waals surface area contributed by atoms with E-state index >= 15 is 0 Å². The molecule has 0 amide bonds. The maximum atomic E-state index is 12.3. The molecule has 0 bridgehead atoms. The van der Waals surface area contributed by atoms with Crippen molar-refractivity contribution in [2.45, 2.75) is 78.6 Å². The largest absolute Gasteiger partial charge is 0.508 e. The van der Waals surface area contributed by atoms with E-state index in [1.165, 1.54) is 12.1 Å². The van der Waals surface area contributed by atoms with Crippen LogP contribution in [0.1, 0.15) is 59.4 Å². The Morgan fingerprint density at radius 3 is 2.06 bits per heavy atom. The van der Waals surface area contributed by atoms with Crippen LogP contribution in [-0.2, 0) is 35.0 Å². The molecule has 1 aromatic rings. The summed E-state index contributed by atoms with van der Waals surface area (Å²) >= 11 is 0. The minimum absolute atomic E-state index is 0.0586. The summed E-state index contributed by atoms with van der Waals surface area (Å²) in [4.78, 5) is 47.2. The molecule has 0 aliphatic heterocycles. The van der Waals surface area contributed by atoms with Crippen molar-refractivity contribution >= 4 is 24.1 Å². The summed E-state index contributed by atoms with van der Waals surface area (Å²) in [7, 11) is 0. The van der Waals surface area contributed by atoms with Gasteiger partial charge in [-0.2, -0.15) is 0 Å². The smallest absolute Gasteiger partial charge is 0.458 e. The van der Waals surface area contributed by atoms with Gasteiger partial charge in [0.1, 0.15) is 24.9 Å². The minimum atomic E-state index is -1.03. The fourth-order valence-electron chi connectivity index (χ4n) is 2.36. The molecule has 0 aromatic heterocycles. The molecule has 10 nitrogen and oxygen atoms in total. The third-order valence-electron chi connectivity index (χ3n) is 4.42. The molecule has 0 aliphatic carbocycles. The van der Waals surface area contributed by atoms with Crippen molar-refractivity contribution in [2.24, 2.45) is 5.73 Å². The van der Waals surface area contributed by atoms with Gasteiger partial charge in [0.25, 0.3) is 0 Å². The number of nitrogens with two attached hydrogens (primary N) is 1. The molecule has 1 aromatic carbocycles. The Labute approximate surface area is 193 Å². The summed E-state index contributed by atoms with van der Waals surface area (Å²) in [5.41, 5.74) is 6.52. The van der Waals surface area contributed by atoms with Gasteiger partial charge in [0.15, 0.2) is 11.5 Å². The topological polar surface area (TPSA) is 140 Å². The van der Waals surface area contributed by atoms with E-state index in [0.717, 1.165) is 0 Å². The van der Waals surface area contributed by atoms with Gasteiger partial charge >= 0.3 is 24.1 Å². The lowest BCUT2D eigenvalue weighted by Crippen LogP contribution is -2.37. The second kappa shape index (κ2) is 14.1. The Kier molecular flexibility index (Phi) is 11.9. The number of carbonyl (C=O) groups excluding carboxylic acids is 4. The Morgan fingerprint density at radius 1 is 0.879 bits per heavy atom. The Morgan fingerprint density at radius 2 is 1.48 bits per heavy atom. The van der Waals surface area contributed by atoms with E-state index in [0.29, 0.717) is 12.0 Å². The van der Waals surface area contributed by atoms with Crippen molar-refractivity contribution in [1.29, 1.82) is 0 Å². The summed E-state index contributed by atoms with van der Waals surface area (Å²) in [6.45, 7) is 8.25. The maximum Gasteiger partial charge on any atom is 0.508 e. The Hall–Kier alpha value is -3.14. The first kappa shape index (κ1) is 27.9. The van der Waals surface area contributed by atoms with E-state index in [9.17, 15) is 19.2 Å². The second-order valence-corrected chi connectivity index (χ2v) is 7.39. The van der Waals surface area contributed by atoms with Crippen LogP contribution in [0, 0.1) is 0 Å². The van der Waals surface area contributed by atoms with Gasteiger partial charge in [-0.15, -0.1) is 0 Å². The predicted octanol–water partition coefficient (Wildman–Crippen LogP) is 3.07. The molecule has 0 fully saturated rings. The van der Waals surface area contributed by atoms with Gasteiger partial charge in [-0.1, -0.05) is 26.8 Å². The summed E-state index contributed by atoms with van der Waals surface area (Å²) < 4.78 is 25.5. The molecule has 1 unspecified atom stereocenters. The van der Waals surface area contributed by atoms with Crippen LogP contribution in [0.4, 0.5) is 4.79 Å². The molecule has 0 saturated carbocycles. The monoisotopic (exact) mass is 467 g/mol. The zero-order chi connectivity index (χ0) is 25.0. The zero-order valence-corrected chi connectivity index (χ0v) is 19.8. The van der Waals surface area contributed by atoms with E-state index in [-0.39, 0.29) is 43.5 Å². The molecule has 3 atom stereocenters. The first-order chi connectivity index (χ1) is 15.6. The van der Waals surface area contributed by atoms with Crippen molar-refractivity contribution in [3.63, 3.8) is 0 Å². The third kappa shape index (κ3) is 10.3. The fourth-order valence-corrected chi connectivity index (χ4v) is 2.36. The predicted molar refractivity (Wildman–Crippen MR) is 118 cm³/mol. The highest BCUT2D eigenvalue weighted by Crippen LogP contribution is 2.30. The molecule has 10 heteroatoms. The van der Waals surface area contributed by atoms with Gasteiger partial charge < -0.3 is 29.4 Å². The molecular weight excluding hydrogens is 434 g/mol. The van der Waals surface area contributed by atoms with Gasteiger partial charge in [-0.05, 0) is 44.4 Å². The molecule has 0 heterocycles. The van der Waals surface area contributed by atoms with Gasteiger partial charge in [-0.25, -0.2) is 4.79 Å². The van der Waals surface area contributed by atoms with Crippen LogP contribution in [0.5, 0.6) is 11.5 Å². The first-order valence-electron chi connectivity index (χ1n) is 10.9. The van der Waals surface area contributed by atoms with Gasteiger partial charge in [0, 0.05) is 12.8 Å². The zero-order valence-electron chi connectivity index (χ0n) is 19.8. The second-order valence-electron chi connectivity index (χ2n) is 7.39. The lowest BCUT2D eigenvalue weighted by molar-refractivity contribution is -0.152. The highest BCUT2D eigenvalue weighted by atomic mass is 16.7. The van der Waals surface area contributed by atoms with Crippen molar-refractivity contribution in [2.75, 3.05) is 6.61 Å². The number of benzene rings is 1. The van der Waals surface area contributed by atoms with Crippen LogP contribution in [-0.4, -0.2) is 48.9 Å². The van der Waals surface area contributed by atoms with E-state index < -0.39 is 36.2 Å².